The van der Waals surface area contributed by atoms with Crippen molar-refractivity contribution in [1.82, 2.24) is 5.16 Å². The van der Waals surface area contributed by atoms with Crippen molar-refractivity contribution in [2.45, 2.75) is 26.7 Å². The molecule has 0 saturated heterocycles. The molecule has 0 fully saturated rings. The Bertz CT molecular complexity index is 443. The third kappa shape index (κ3) is 1.80. The van der Waals surface area contributed by atoms with E-state index in [1.54, 1.807) is 0 Å². The van der Waals surface area contributed by atoms with Crippen LogP contribution in [0.15, 0.2) is 34.9 Å². The van der Waals surface area contributed by atoms with Crippen LogP contribution in [0, 0.1) is 6.92 Å². The molecule has 0 aliphatic heterocycles. The van der Waals surface area contributed by atoms with Gasteiger partial charge in [0.25, 0.3) is 0 Å². The highest BCUT2D eigenvalue weighted by Gasteiger charge is 2.16. The van der Waals surface area contributed by atoms with Gasteiger partial charge >= 0.3 is 0 Å². The normalized spacial score (nSPS) is 10.9. The van der Waals surface area contributed by atoms with Gasteiger partial charge in [-0.25, -0.2) is 0 Å². The summed E-state index contributed by atoms with van der Waals surface area (Å²) in [5.74, 6) is 1.36. The molecule has 2 aromatic rings. The zero-order valence-corrected chi connectivity index (χ0v) is 9.32. The van der Waals surface area contributed by atoms with Crippen LogP contribution in [0.2, 0.25) is 0 Å². The number of aromatic nitrogens is 1. The third-order valence-electron chi connectivity index (χ3n) is 2.53. The van der Waals surface area contributed by atoms with Crippen molar-refractivity contribution in [3.63, 3.8) is 0 Å². The molecule has 0 aliphatic rings. The number of hydrogen-bond acceptors (Lipinski definition) is 2. The van der Waals surface area contributed by atoms with E-state index in [9.17, 15) is 0 Å². The van der Waals surface area contributed by atoms with Crippen molar-refractivity contribution >= 4 is 0 Å². The Hall–Kier alpha value is -1.57. The van der Waals surface area contributed by atoms with Crippen LogP contribution in [0.25, 0.3) is 11.3 Å². The average Bonchev–Trinajstić information content (AvgIpc) is 2.61. The van der Waals surface area contributed by atoms with Crippen LogP contribution in [-0.4, -0.2) is 5.16 Å². The molecule has 0 unspecified atom stereocenters. The number of hydrogen-bond donors (Lipinski definition) is 0. The van der Waals surface area contributed by atoms with E-state index in [4.69, 9.17) is 4.52 Å². The molecule has 15 heavy (non-hydrogen) atoms. The Kier molecular flexibility index (Phi) is 2.58. The molecule has 0 spiro atoms. The van der Waals surface area contributed by atoms with E-state index >= 15 is 0 Å². The SMILES string of the molecule is Cc1onc(-c2ccccc2)c1C(C)C. The molecule has 1 aromatic heterocycles. The highest BCUT2D eigenvalue weighted by molar-refractivity contribution is 5.63. The van der Waals surface area contributed by atoms with Crippen molar-refractivity contribution in [2.75, 3.05) is 0 Å². The Morgan fingerprint density at radius 3 is 2.40 bits per heavy atom. The number of nitrogens with zero attached hydrogens (tertiary/aromatic N) is 1. The largest absolute Gasteiger partial charge is 0.361 e. The van der Waals surface area contributed by atoms with Crippen LogP contribution in [0.3, 0.4) is 0 Å². The van der Waals surface area contributed by atoms with Gasteiger partial charge < -0.3 is 4.52 Å². The van der Waals surface area contributed by atoms with Crippen LogP contribution in [0.5, 0.6) is 0 Å². The first kappa shape index (κ1) is 9.97. The van der Waals surface area contributed by atoms with Gasteiger partial charge in [-0.2, -0.15) is 0 Å². The van der Waals surface area contributed by atoms with E-state index < -0.39 is 0 Å². The number of benzene rings is 1. The van der Waals surface area contributed by atoms with Gasteiger partial charge in [0, 0.05) is 11.1 Å². The zero-order chi connectivity index (χ0) is 10.8. The van der Waals surface area contributed by atoms with Crippen molar-refractivity contribution in [3.05, 3.63) is 41.7 Å². The standard InChI is InChI=1S/C13H15NO/c1-9(2)12-10(3)15-14-13(12)11-7-5-4-6-8-11/h4-9H,1-3H3. The minimum atomic E-state index is 0.437. The molecule has 0 N–H and O–H groups in total. The van der Waals surface area contributed by atoms with Gasteiger partial charge in [-0.3, -0.25) is 0 Å². The van der Waals surface area contributed by atoms with Crippen LogP contribution in [0.1, 0.15) is 31.1 Å². The van der Waals surface area contributed by atoms with Crippen molar-refractivity contribution in [1.29, 1.82) is 0 Å². The summed E-state index contributed by atoms with van der Waals surface area (Å²) < 4.78 is 5.26. The molecular weight excluding hydrogens is 186 g/mol. The van der Waals surface area contributed by atoms with Gasteiger partial charge in [0.15, 0.2) is 0 Å². The van der Waals surface area contributed by atoms with Crippen molar-refractivity contribution in [3.8, 4) is 11.3 Å². The van der Waals surface area contributed by atoms with Gasteiger partial charge in [0.1, 0.15) is 11.5 Å². The Morgan fingerprint density at radius 1 is 1.13 bits per heavy atom. The minimum Gasteiger partial charge on any atom is -0.361 e. The maximum Gasteiger partial charge on any atom is 0.137 e. The first-order valence-electron chi connectivity index (χ1n) is 5.21. The van der Waals surface area contributed by atoms with Gasteiger partial charge in [-0.15, -0.1) is 0 Å². The van der Waals surface area contributed by atoms with Gasteiger partial charge in [-0.1, -0.05) is 49.3 Å². The molecule has 0 aliphatic carbocycles. The lowest BCUT2D eigenvalue weighted by atomic mass is 9.97. The summed E-state index contributed by atoms with van der Waals surface area (Å²) in [7, 11) is 0. The zero-order valence-electron chi connectivity index (χ0n) is 9.32. The first-order chi connectivity index (χ1) is 7.20. The Morgan fingerprint density at radius 2 is 1.80 bits per heavy atom. The molecule has 1 aromatic carbocycles. The van der Waals surface area contributed by atoms with E-state index in [0.717, 1.165) is 17.0 Å². The maximum absolute atomic E-state index is 5.26. The minimum absolute atomic E-state index is 0.437. The smallest absolute Gasteiger partial charge is 0.137 e. The third-order valence-corrected chi connectivity index (χ3v) is 2.53. The fourth-order valence-electron chi connectivity index (χ4n) is 1.86. The monoisotopic (exact) mass is 201 g/mol. The van der Waals surface area contributed by atoms with Crippen LogP contribution in [-0.2, 0) is 0 Å². The van der Waals surface area contributed by atoms with Crippen molar-refractivity contribution in [2.24, 2.45) is 0 Å². The highest BCUT2D eigenvalue weighted by Crippen LogP contribution is 2.30. The molecular formula is C13H15NO. The first-order valence-corrected chi connectivity index (χ1v) is 5.21. The predicted molar refractivity (Wildman–Crippen MR) is 60.8 cm³/mol. The quantitative estimate of drug-likeness (QED) is 0.739. The molecule has 2 rings (SSSR count). The highest BCUT2D eigenvalue weighted by atomic mass is 16.5. The molecule has 0 atom stereocenters. The van der Waals surface area contributed by atoms with E-state index in [0.29, 0.717) is 5.92 Å². The summed E-state index contributed by atoms with van der Waals surface area (Å²) in [5, 5.41) is 4.13. The maximum atomic E-state index is 5.26. The molecule has 78 valence electrons. The van der Waals surface area contributed by atoms with E-state index in [1.165, 1.54) is 5.56 Å². The Labute approximate surface area is 89.9 Å². The van der Waals surface area contributed by atoms with Crippen LogP contribution in [0.4, 0.5) is 0 Å². The lowest BCUT2D eigenvalue weighted by Gasteiger charge is -2.05. The topological polar surface area (TPSA) is 26.0 Å². The second-order valence-electron chi connectivity index (χ2n) is 4.02. The van der Waals surface area contributed by atoms with Gasteiger partial charge in [0.05, 0.1) is 0 Å². The summed E-state index contributed by atoms with van der Waals surface area (Å²) in [6.45, 7) is 6.28. The number of aryl methyl sites for hydroxylation is 1. The average molecular weight is 201 g/mol. The summed E-state index contributed by atoms with van der Waals surface area (Å²) in [4.78, 5) is 0. The van der Waals surface area contributed by atoms with Crippen molar-refractivity contribution < 1.29 is 4.52 Å². The lowest BCUT2D eigenvalue weighted by molar-refractivity contribution is 0.397. The summed E-state index contributed by atoms with van der Waals surface area (Å²) in [5.41, 5.74) is 3.31. The number of rotatable bonds is 2. The molecule has 0 saturated carbocycles. The fourth-order valence-corrected chi connectivity index (χ4v) is 1.86. The lowest BCUT2D eigenvalue weighted by Crippen LogP contribution is -1.91. The second kappa shape index (κ2) is 3.89. The molecule has 1 heterocycles. The Balaban J connectivity index is 2.54. The molecule has 2 nitrogen and oxygen atoms in total. The molecule has 0 bridgehead atoms. The molecule has 0 radical (unpaired) electrons. The van der Waals surface area contributed by atoms with Crippen LogP contribution >= 0.6 is 0 Å². The van der Waals surface area contributed by atoms with E-state index in [1.807, 2.05) is 25.1 Å². The molecule has 2 heteroatoms. The summed E-state index contributed by atoms with van der Waals surface area (Å²) in [6.07, 6.45) is 0. The van der Waals surface area contributed by atoms with Crippen LogP contribution < -0.4 is 0 Å². The fraction of sp³-hybridized carbons (Fsp3) is 0.308. The van der Waals surface area contributed by atoms with Gasteiger partial charge in [0.2, 0.25) is 0 Å². The predicted octanol–water partition coefficient (Wildman–Crippen LogP) is 3.77. The van der Waals surface area contributed by atoms with E-state index in [-0.39, 0.29) is 0 Å². The summed E-state index contributed by atoms with van der Waals surface area (Å²) in [6, 6.07) is 10.2. The molecule has 0 amide bonds. The second-order valence-corrected chi connectivity index (χ2v) is 4.02. The van der Waals surface area contributed by atoms with Gasteiger partial charge in [-0.05, 0) is 12.8 Å². The summed E-state index contributed by atoms with van der Waals surface area (Å²) >= 11 is 0. The van der Waals surface area contributed by atoms with E-state index in [2.05, 4.69) is 31.1 Å².